The first-order chi connectivity index (χ1) is 16.0. The topological polar surface area (TPSA) is 60.9 Å². The van der Waals surface area contributed by atoms with Crippen molar-refractivity contribution in [3.63, 3.8) is 0 Å². The molecule has 2 aromatic rings. The third-order valence-electron chi connectivity index (χ3n) is 7.69. The lowest BCUT2D eigenvalue weighted by Gasteiger charge is -2.39. The molecule has 2 aliphatic heterocycles. The molecule has 0 aromatic heterocycles. The van der Waals surface area contributed by atoms with Crippen LogP contribution in [0.3, 0.4) is 0 Å². The van der Waals surface area contributed by atoms with Crippen molar-refractivity contribution >= 4 is 16.1 Å². The number of fused-ring (bicyclic) bond motifs is 2. The van der Waals surface area contributed by atoms with E-state index >= 15 is 0 Å². The van der Waals surface area contributed by atoms with Gasteiger partial charge in [-0.05, 0) is 53.4 Å². The summed E-state index contributed by atoms with van der Waals surface area (Å²) in [4.78, 5) is 15.4. The maximum absolute atomic E-state index is 13.3. The van der Waals surface area contributed by atoms with Gasteiger partial charge in [0.2, 0.25) is 0 Å². The zero-order valence-electron chi connectivity index (χ0n) is 20.4. The molecule has 6 nitrogen and oxygen atoms in total. The summed E-state index contributed by atoms with van der Waals surface area (Å²) in [6.45, 7) is 9.43. The van der Waals surface area contributed by atoms with E-state index in [0.29, 0.717) is 37.8 Å². The number of carbonyl (C=O) groups excluding carboxylic acids is 1. The van der Waals surface area contributed by atoms with Crippen molar-refractivity contribution in [2.75, 3.05) is 19.6 Å². The Hall–Kier alpha value is -2.22. The Bertz CT molecular complexity index is 1160. The molecule has 0 radical (unpaired) electrons. The molecule has 3 aliphatic rings. The highest BCUT2D eigenvalue weighted by Crippen LogP contribution is 2.52. The fraction of sp³-hybridized carbons (Fsp3) is 0.519. The normalized spacial score (nSPS) is 28.3. The van der Waals surface area contributed by atoms with Crippen LogP contribution in [0.4, 0.5) is 0 Å². The molecule has 2 heterocycles. The summed E-state index contributed by atoms with van der Waals surface area (Å²) in [5.41, 5.74) is 3.05. The molecule has 1 aliphatic carbocycles. The predicted octanol–water partition coefficient (Wildman–Crippen LogP) is 4.29. The van der Waals surface area contributed by atoms with Crippen LogP contribution in [0.5, 0.6) is 0 Å². The molecule has 0 spiro atoms. The summed E-state index contributed by atoms with van der Waals surface area (Å²) in [5.74, 6) is 0.0980. The molecular formula is C27H35N3O3S. The van der Waals surface area contributed by atoms with E-state index in [1.54, 1.807) is 0 Å². The Kier molecular flexibility index (Phi) is 5.86. The smallest absolute Gasteiger partial charge is 0.282 e. The molecule has 182 valence electrons. The Labute approximate surface area is 203 Å². The van der Waals surface area contributed by atoms with Crippen molar-refractivity contribution in [1.82, 2.24) is 13.5 Å². The predicted molar refractivity (Wildman–Crippen MR) is 133 cm³/mol. The van der Waals surface area contributed by atoms with E-state index in [1.165, 1.54) is 8.61 Å². The van der Waals surface area contributed by atoms with Crippen LogP contribution in [-0.2, 0) is 23.3 Å². The van der Waals surface area contributed by atoms with Gasteiger partial charge >= 0.3 is 0 Å². The zero-order valence-corrected chi connectivity index (χ0v) is 21.2. The lowest BCUT2D eigenvalue weighted by molar-refractivity contribution is 0.0708. The summed E-state index contributed by atoms with van der Waals surface area (Å²) in [6.07, 6.45) is 3.30. The van der Waals surface area contributed by atoms with Crippen LogP contribution in [0.2, 0.25) is 0 Å². The minimum Gasteiger partial charge on any atom is -0.335 e. The zero-order chi connectivity index (χ0) is 24.1. The monoisotopic (exact) mass is 481 g/mol. The first-order valence-corrected chi connectivity index (χ1v) is 13.6. The van der Waals surface area contributed by atoms with E-state index < -0.39 is 10.2 Å². The second-order valence-electron chi connectivity index (χ2n) is 11.5. The lowest BCUT2D eigenvalue weighted by Crippen LogP contribution is -2.37. The third kappa shape index (κ3) is 4.53. The molecule has 3 fully saturated rings. The standard InChI is InChI=1S/C27H35N3O3S/c1-26(2)15-24-16-27(3,19-26)20-30(24)25(31)23-11-9-22(10-12-23)18-29-14-13-28(34(29,32)33)17-21-7-5-4-6-8-21/h4-12,24H,13-20H2,1-3H3. The second kappa shape index (κ2) is 8.47. The number of hydrogen-bond acceptors (Lipinski definition) is 3. The molecule has 2 saturated heterocycles. The van der Waals surface area contributed by atoms with E-state index in [2.05, 4.69) is 25.7 Å². The molecule has 2 aromatic carbocycles. The van der Waals surface area contributed by atoms with Crippen LogP contribution in [0.25, 0.3) is 0 Å². The van der Waals surface area contributed by atoms with E-state index in [0.717, 1.165) is 36.9 Å². The Morgan fingerprint density at radius 2 is 1.47 bits per heavy atom. The highest BCUT2D eigenvalue weighted by atomic mass is 32.2. The third-order valence-corrected chi connectivity index (χ3v) is 9.62. The van der Waals surface area contributed by atoms with E-state index in [4.69, 9.17) is 0 Å². The average molecular weight is 482 g/mol. The molecule has 2 unspecified atom stereocenters. The van der Waals surface area contributed by atoms with E-state index in [1.807, 2.05) is 54.6 Å². The minimum atomic E-state index is -3.50. The van der Waals surface area contributed by atoms with Gasteiger partial charge in [-0.1, -0.05) is 63.2 Å². The lowest BCUT2D eigenvalue weighted by atomic mass is 9.65. The van der Waals surface area contributed by atoms with Crippen LogP contribution in [0.15, 0.2) is 54.6 Å². The van der Waals surface area contributed by atoms with Gasteiger partial charge in [0.1, 0.15) is 0 Å². The van der Waals surface area contributed by atoms with Crippen molar-refractivity contribution in [2.24, 2.45) is 10.8 Å². The highest BCUT2D eigenvalue weighted by molar-refractivity contribution is 7.86. The van der Waals surface area contributed by atoms with Crippen molar-refractivity contribution in [2.45, 2.75) is 59.2 Å². The van der Waals surface area contributed by atoms with Crippen molar-refractivity contribution in [3.8, 4) is 0 Å². The van der Waals surface area contributed by atoms with Crippen LogP contribution < -0.4 is 0 Å². The van der Waals surface area contributed by atoms with Crippen molar-refractivity contribution < 1.29 is 13.2 Å². The number of likely N-dealkylation sites (tertiary alicyclic amines) is 1. The summed E-state index contributed by atoms with van der Waals surface area (Å²) in [6, 6.07) is 17.5. The van der Waals surface area contributed by atoms with Gasteiger partial charge in [0, 0.05) is 44.3 Å². The maximum Gasteiger partial charge on any atom is 0.282 e. The first kappa shape index (κ1) is 23.5. The second-order valence-corrected chi connectivity index (χ2v) is 13.4. The van der Waals surface area contributed by atoms with E-state index in [-0.39, 0.29) is 16.7 Å². The van der Waals surface area contributed by atoms with Crippen molar-refractivity contribution in [3.05, 3.63) is 71.3 Å². The van der Waals surface area contributed by atoms with Crippen molar-refractivity contribution in [1.29, 1.82) is 0 Å². The number of nitrogens with zero attached hydrogens (tertiary/aromatic N) is 3. The first-order valence-electron chi connectivity index (χ1n) is 12.2. The van der Waals surface area contributed by atoms with Gasteiger partial charge in [0.15, 0.2) is 0 Å². The number of benzene rings is 2. The maximum atomic E-state index is 13.3. The van der Waals surface area contributed by atoms with Gasteiger partial charge in [0.05, 0.1) is 0 Å². The fourth-order valence-corrected chi connectivity index (χ4v) is 8.12. The quantitative estimate of drug-likeness (QED) is 0.640. The van der Waals surface area contributed by atoms with Gasteiger partial charge in [-0.15, -0.1) is 0 Å². The molecule has 1 saturated carbocycles. The van der Waals surface area contributed by atoms with E-state index in [9.17, 15) is 13.2 Å². The number of carbonyl (C=O) groups is 1. The average Bonchev–Trinajstić information content (AvgIpc) is 3.19. The summed E-state index contributed by atoms with van der Waals surface area (Å²) in [5, 5.41) is 0. The molecule has 1 amide bonds. The Morgan fingerprint density at radius 1 is 0.882 bits per heavy atom. The van der Waals surface area contributed by atoms with Crippen LogP contribution >= 0.6 is 0 Å². The largest absolute Gasteiger partial charge is 0.335 e. The highest BCUT2D eigenvalue weighted by Gasteiger charge is 2.51. The number of hydrogen-bond donors (Lipinski definition) is 0. The van der Waals surface area contributed by atoms with Gasteiger partial charge < -0.3 is 4.90 Å². The minimum absolute atomic E-state index is 0.0980. The molecule has 2 atom stereocenters. The molecule has 2 bridgehead atoms. The number of rotatable bonds is 5. The SMILES string of the molecule is CC1(C)CC2CC(C)(CN2C(=O)c2ccc(CN3CCN(Cc4ccccc4)S3(=O)=O)cc2)C1. The van der Waals surface area contributed by atoms with Crippen LogP contribution in [-0.4, -0.2) is 53.5 Å². The molecule has 7 heteroatoms. The molecular weight excluding hydrogens is 446 g/mol. The molecule has 0 N–H and O–H groups in total. The summed E-state index contributed by atoms with van der Waals surface area (Å²) < 4.78 is 29.1. The van der Waals surface area contributed by atoms with Gasteiger partial charge in [0.25, 0.3) is 16.1 Å². The summed E-state index contributed by atoms with van der Waals surface area (Å²) in [7, 11) is -3.50. The Balaban J connectivity index is 1.24. The van der Waals surface area contributed by atoms with Crippen LogP contribution in [0, 0.1) is 10.8 Å². The molecule has 34 heavy (non-hydrogen) atoms. The number of amides is 1. The van der Waals surface area contributed by atoms with Crippen LogP contribution in [0.1, 0.15) is 61.5 Å². The van der Waals surface area contributed by atoms with Gasteiger partial charge in [-0.2, -0.15) is 17.0 Å². The van der Waals surface area contributed by atoms with Gasteiger partial charge in [-0.3, -0.25) is 4.79 Å². The Morgan fingerprint density at radius 3 is 2.09 bits per heavy atom. The van der Waals surface area contributed by atoms with Gasteiger partial charge in [-0.25, -0.2) is 0 Å². The molecule has 5 rings (SSSR count). The summed E-state index contributed by atoms with van der Waals surface area (Å²) >= 11 is 0. The fourth-order valence-electron chi connectivity index (χ4n) is 6.54.